The summed E-state index contributed by atoms with van der Waals surface area (Å²) >= 11 is 9.54. The summed E-state index contributed by atoms with van der Waals surface area (Å²) < 4.78 is 3.43. The Bertz CT molecular complexity index is 564. The number of alkyl halides is 1. The van der Waals surface area contributed by atoms with Crippen molar-refractivity contribution in [2.75, 3.05) is 0 Å². The van der Waals surface area contributed by atoms with Crippen molar-refractivity contribution >= 4 is 38.6 Å². The van der Waals surface area contributed by atoms with Crippen LogP contribution < -0.4 is 0 Å². The standard InChI is InChI=1S/C13H14BrClN2/c1-2-8-5-11(8)17-12-6-9(14)3-4-10(12)16-13(17)7-15/h3-4,6,8,11H,2,5,7H2,1H3. The molecule has 2 unspecified atom stereocenters. The molecule has 3 rings (SSSR count). The van der Waals surface area contributed by atoms with Gasteiger partial charge < -0.3 is 4.57 Å². The number of hydrogen-bond donors (Lipinski definition) is 0. The molecule has 0 bridgehead atoms. The van der Waals surface area contributed by atoms with Crippen molar-refractivity contribution in [1.82, 2.24) is 9.55 Å². The zero-order valence-electron chi connectivity index (χ0n) is 9.66. The Balaban J connectivity index is 2.16. The number of benzene rings is 1. The fourth-order valence-corrected chi connectivity index (χ4v) is 3.10. The first-order valence-corrected chi connectivity index (χ1v) is 7.29. The molecule has 4 heteroatoms. The zero-order chi connectivity index (χ0) is 12.0. The van der Waals surface area contributed by atoms with Crippen LogP contribution in [0.25, 0.3) is 11.0 Å². The number of halogens is 2. The fraction of sp³-hybridized carbons (Fsp3) is 0.462. The Morgan fingerprint density at radius 2 is 2.35 bits per heavy atom. The van der Waals surface area contributed by atoms with Crippen LogP contribution >= 0.6 is 27.5 Å². The molecule has 0 N–H and O–H groups in total. The first kappa shape index (κ1) is 11.5. The van der Waals surface area contributed by atoms with Crippen LogP contribution in [0.2, 0.25) is 0 Å². The lowest BCUT2D eigenvalue weighted by molar-refractivity contribution is 0.636. The largest absolute Gasteiger partial charge is 0.324 e. The van der Waals surface area contributed by atoms with Gasteiger partial charge in [0.15, 0.2) is 0 Å². The fourth-order valence-electron chi connectivity index (χ4n) is 2.57. The lowest BCUT2D eigenvalue weighted by Gasteiger charge is -2.06. The summed E-state index contributed by atoms with van der Waals surface area (Å²) in [7, 11) is 0. The van der Waals surface area contributed by atoms with E-state index in [0.29, 0.717) is 11.9 Å². The van der Waals surface area contributed by atoms with E-state index in [2.05, 4.69) is 44.5 Å². The Morgan fingerprint density at radius 1 is 1.53 bits per heavy atom. The van der Waals surface area contributed by atoms with E-state index in [1.165, 1.54) is 18.4 Å². The summed E-state index contributed by atoms with van der Waals surface area (Å²) in [6, 6.07) is 6.83. The monoisotopic (exact) mass is 312 g/mol. The average Bonchev–Trinajstić information content (AvgIpc) is 3.02. The normalized spacial score (nSPS) is 23.2. The van der Waals surface area contributed by atoms with E-state index >= 15 is 0 Å². The predicted octanol–water partition coefficient (Wildman–Crippen LogP) is 4.51. The highest BCUT2D eigenvalue weighted by Gasteiger charge is 2.39. The van der Waals surface area contributed by atoms with Gasteiger partial charge in [0.05, 0.1) is 16.9 Å². The maximum absolute atomic E-state index is 6.01. The molecule has 1 aromatic carbocycles. The number of rotatable bonds is 3. The van der Waals surface area contributed by atoms with Crippen LogP contribution in [0.15, 0.2) is 22.7 Å². The summed E-state index contributed by atoms with van der Waals surface area (Å²) in [5.41, 5.74) is 2.25. The summed E-state index contributed by atoms with van der Waals surface area (Å²) in [5.74, 6) is 2.29. The van der Waals surface area contributed by atoms with E-state index in [4.69, 9.17) is 11.6 Å². The molecule has 0 spiro atoms. The highest BCUT2D eigenvalue weighted by molar-refractivity contribution is 9.10. The smallest absolute Gasteiger partial charge is 0.125 e. The number of hydrogen-bond acceptors (Lipinski definition) is 1. The molecule has 1 aliphatic rings. The SMILES string of the molecule is CCC1CC1n1c(CCl)nc2ccc(Br)cc21. The number of aromatic nitrogens is 2. The van der Waals surface area contributed by atoms with Gasteiger partial charge in [0.1, 0.15) is 5.82 Å². The second-order valence-electron chi connectivity index (χ2n) is 4.64. The lowest BCUT2D eigenvalue weighted by Crippen LogP contribution is -2.01. The van der Waals surface area contributed by atoms with Crippen LogP contribution in [0.4, 0.5) is 0 Å². The Kier molecular flexibility index (Phi) is 2.91. The average molecular weight is 314 g/mol. The van der Waals surface area contributed by atoms with Gasteiger partial charge in [0.25, 0.3) is 0 Å². The van der Waals surface area contributed by atoms with E-state index < -0.39 is 0 Å². The van der Waals surface area contributed by atoms with Gasteiger partial charge in [-0.3, -0.25) is 0 Å². The summed E-state index contributed by atoms with van der Waals surface area (Å²) in [5, 5.41) is 0. The van der Waals surface area contributed by atoms with Gasteiger partial charge in [-0.25, -0.2) is 4.98 Å². The molecular weight excluding hydrogens is 300 g/mol. The minimum absolute atomic E-state index is 0.485. The van der Waals surface area contributed by atoms with Gasteiger partial charge in [0, 0.05) is 10.5 Å². The summed E-state index contributed by atoms with van der Waals surface area (Å²) in [6.07, 6.45) is 2.50. The quantitative estimate of drug-likeness (QED) is 0.762. The molecule has 1 saturated carbocycles. The lowest BCUT2D eigenvalue weighted by atomic mass is 10.3. The third kappa shape index (κ3) is 1.89. The summed E-state index contributed by atoms with van der Waals surface area (Å²) in [4.78, 5) is 4.61. The molecule has 1 heterocycles. The number of nitrogens with zero attached hydrogens (tertiary/aromatic N) is 2. The zero-order valence-corrected chi connectivity index (χ0v) is 12.0. The van der Waals surface area contributed by atoms with Crippen LogP contribution in [0.3, 0.4) is 0 Å². The van der Waals surface area contributed by atoms with Crippen molar-refractivity contribution in [1.29, 1.82) is 0 Å². The maximum atomic E-state index is 6.01. The highest BCUT2D eigenvalue weighted by Crippen LogP contribution is 2.47. The van der Waals surface area contributed by atoms with Gasteiger partial charge in [-0.2, -0.15) is 0 Å². The Labute approximate surface area is 114 Å². The molecule has 0 radical (unpaired) electrons. The Hall–Kier alpha value is -0.540. The van der Waals surface area contributed by atoms with Crippen LogP contribution in [-0.2, 0) is 5.88 Å². The third-order valence-corrected chi connectivity index (χ3v) is 4.32. The van der Waals surface area contributed by atoms with Gasteiger partial charge in [-0.15, -0.1) is 11.6 Å². The van der Waals surface area contributed by atoms with Crippen molar-refractivity contribution in [2.24, 2.45) is 5.92 Å². The third-order valence-electron chi connectivity index (χ3n) is 3.59. The Morgan fingerprint density at radius 3 is 3.00 bits per heavy atom. The second kappa shape index (κ2) is 4.29. The van der Waals surface area contributed by atoms with Crippen LogP contribution in [-0.4, -0.2) is 9.55 Å². The van der Waals surface area contributed by atoms with Gasteiger partial charge >= 0.3 is 0 Å². The highest BCUT2D eigenvalue weighted by atomic mass is 79.9. The molecule has 0 aliphatic heterocycles. The van der Waals surface area contributed by atoms with Gasteiger partial charge in [-0.1, -0.05) is 29.3 Å². The predicted molar refractivity (Wildman–Crippen MR) is 74.4 cm³/mol. The molecule has 1 aliphatic carbocycles. The maximum Gasteiger partial charge on any atom is 0.125 e. The van der Waals surface area contributed by atoms with Crippen LogP contribution in [0, 0.1) is 5.92 Å². The van der Waals surface area contributed by atoms with Crippen LogP contribution in [0.5, 0.6) is 0 Å². The second-order valence-corrected chi connectivity index (χ2v) is 5.82. The topological polar surface area (TPSA) is 17.8 Å². The molecule has 1 aromatic heterocycles. The molecule has 1 fully saturated rings. The van der Waals surface area contributed by atoms with Crippen molar-refractivity contribution < 1.29 is 0 Å². The number of imidazole rings is 1. The first-order valence-electron chi connectivity index (χ1n) is 5.97. The van der Waals surface area contributed by atoms with E-state index in [1.54, 1.807) is 0 Å². The minimum Gasteiger partial charge on any atom is -0.324 e. The molecule has 2 nitrogen and oxygen atoms in total. The molecule has 0 saturated heterocycles. The van der Waals surface area contributed by atoms with Crippen molar-refractivity contribution in [3.63, 3.8) is 0 Å². The first-order chi connectivity index (χ1) is 8.24. The van der Waals surface area contributed by atoms with E-state index in [-0.39, 0.29) is 0 Å². The van der Waals surface area contributed by atoms with Gasteiger partial charge in [-0.05, 0) is 30.5 Å². The van der Waals surface area contributed by atoms with Crippen LogP contribution in [0.1, 0.15) is 31.6 Å². The summed E-state index contributed by atoms with van der Waals surface area (Å²) in [6.45, 7) is 2.25. The number of fused-ring (bicyclic) bond motifs is 1. The molecular formula is C13H14BrClN2. The van der Waals surface area contributed by atoms with Crippen molar-refractivity contribution in [3.05, 3.63) is 28.5 Å². The van der Waals surface area contributed by atoms with E-state index in [0.717, 1.165) is 21.7 Å². The van der Waals surface area contributed by atoms with E-state index in [1.807, 2.05) is 6.07 Å². The van der Waals surface area contributed by atoms with E-state index in [9.17, 15) is 0 Å². The molecule has 2 aromatic rings. The minimum atomic E-state index is 0.485. The molecule has 0 amide bonds. The molecule has 2 atom stereocenters. The van der Waals surface area contributed by atoms with Crippen molar-refractivity contribution in [2.45, 2.75) is 31.7 Å². The van der Waals surface area contributed by atoms with Crippen molar-refractivity contribution in [3.8, 4) is 0 Å². The molecule has 17 heavy (non-hydrogen) atoms. The molecule has 90 valence electrons. The van der Waals surface area contributed by atoms with Gasteiger partial charge in [0.2, 0.25) is 0 Å².